The summed E-state index contributed by atoms with van der Waals surface area (Å²) < 4.78 is 0. The number of rotatable bonds is 4. The van der Waals surface area contributed by atoms with Crippen molar-refractivity contribution in [3.63, 3.8) is 0 Å². The van der Waals surface area contributed by atoms with Crippen LogP contribution >= 0.6 is 11.8 Å². The highest BCUT2D eigenvalue weighted by molar-refractivity contribution is 8.00. The van der Waals surface area contributed by atoms with Gasteiger partial charge in [0.15, 0.2) is 0 Å². The normalized spacial score (nSPS) is 14.9. The molecule has 1 amide bonds. The lowest BCUT2D eigenvalue weighted by atomic mass is 10.3. The van der Waals surface area contributed by atoms with Crippen molar-refractivity contribution < 1.29 is 4.79 Å². The van der Waals surface area contributed by atoms with Crippen LogP contribution in [0.25, 0.3) is 0 Å². The van der Waals surface area contributed by atoms with E-state index in [4.69, 9.17) is 0 Å². The largest absolute Gasteiger partial charge is 0.338 e. The second-order valence-corrected chi connectivity index (χ2v) is 5.99. The molecule has 1 saturated heterocycles. The zero-order valence-corrected chi connectivity index (χ0v) is 13.0. The summed E-state index contributed by atoms with van der Waals surface area (Å²) in [7, 11) is 0. The van der Waals surface area contributed by atoms with Crippen LogP contribution in [0.2, 0.25) is 0 Å². The van der Waals surface area contributed by atoms with Gasteiger partial charge in [-0.1, -0.05) is 12.1 Å². The SMILES string of the molecule is O=C(CSc1cc[c]cc1)N1CCN(c2ncccn2)CC1. The number of anilines is 1. The fourth-order valence-electron chi connectivity index (χ4n) is 2.31. The van der Waals surface area contributed by atoms with Crippen LogP contribution in [-0.4, -0.2) is 52.7 Å². The van der Waals surface area contributed by atoms with Gasteiger partial charge in [-0.15, -0.1) is 11.8 Å². The minimum Gasteiger partial charge on any atom is -0.338 e. The molecule has 2 aromatic rings. The van der Waals surface area contributed by atoms with E-state index in [-0.39, 0.29) is 5.91 Å². The Balaban J connectivity index is 1.48. The van der Waals surface area contributed by atoms with Crippen molar-refractivity contribution in [2.45, 2.75) is 4.90 Å². The summed E-state index contributed by atoms with van der Waals surface area (Å²) >= 11 is 1.57. The van der Waals surface area contributed by atoms with E-state index in [0.29, 0.717) is 5.75 Å². The molecule has 6 heteroatoms. The second kappa shape index (κ2) is 7.26. The van der Waals surface area contributed by atoms with Crippen LogP contribution in [0.1, 0.15) is 0 Å². The van der Waals surface area contributed by atoms with Crippen molar-refractivity contribution in [1.82, 2.24) is 14.9 Å². The number of thioether (sulfide) groups is 1. The maximum Gasteiger partial charge on any atom is 0.233 e. The lowest BCUT2D eigenvalue weighted by molar-refractivity contribution is -0.128. The van der Waals surface area contributed by atoms with Crippen molar-refractivity contribution in [3.05, 3.63) is 48.8 Å². The van der Waals surface area contributed by atoms with Gasteiger partial charge in [0.05, 0.1) is 5.75 Å². The quantitative estimate of drug-likeness (QED) is 0.805. The summed E-state index contributed by atoms with van der Waals surface area (Å²) in [5, 5.41) is 0. The molecule has 0 N–H and O–H groups in total. The molecular weight excluding hydrogens is 296 g/mol. The number of hydrogen-bond donors (Lipinski definition) is 0. The molecule has 3 rings (SSSR count). The lowest BCUT2D eigenvalue weighted by Crippen LogP contribution is -2.49. The third kappa shape index (κ3) is 3.76. The average Bonchev–Trinajstić information content (AvgIpc) is 2.61. The van der Waals surface area contributed by atoms with Gasteiger partial charge in [0, 0.05) is 43.5 Å². The Labute approximate surface area is 134 Å². The van der Waals surface area contributed by atoms with Crippen LogP contribution in [0.15, 0.2) is 47.6 Å². The van der Waals surface area contributed by atoms with Gasteiger partial charge in [-0.05, 0) is 24.3 Å². The highest BCUT2D eigenvalue weighted by Gasteiger charge is 2.22. The number of amides is 1. The van der Waals surface area contributed by atoms with E-state index in [9.17, 15) is 4.79 Å². The van der Waals surface area contributed by atoms with Gasteiger partial charge in [0.25, 0.3) is 0 Å². The summed E-state index contributed by atoms with van der Waals surface area (Å²) in [6.45, 7) is 3.00. The van der Waals surface area contributed by atoms with Crippen LogP contribution in [0.5, 0.6) is 0 Å². The van der Waals surface area contributed by atoms with E-state index in [2.05, 4.69) is 20.9 Å². The topological polar surface area (TPSA) is 49.3 Å². The molecule has 1 radical (unpaired) electrons. The third-order valence-electron chi connectivity index (χ3n) is 3.52. The lowest BCUT2D eigenvalue weighted by Gasteiger charge is -2.34. The standard InChI is InChI=1S/C16H17N4OS/c21-15(13-22-14-5-2-1-3-6-14)19-9-11-20(12-10-19)16-17-7-4-8-18-16/h2-8H,9-13H2. The van der Waals surface area contributed by atoms with Crippen LogP contribution < -0.4 is 4.90 Å². The average molecular weight is 313 g/mol. The zero-order valence-electron chi connectivity index (χ0n) is 12.2. The van der Waals surface area contributed by atoms with Crippen molar-refractivity contribution >= 4 is 23.6 Å². The Hall–Kier alpha value is -2.08. The zero-order chi connectivity index (χ0) is 15.2. The Morgan fingerprint density at radius 2 is 1.82 bits per heavy atom. The number of hydrogen-bond acceptors (Lipinski definition) is 5. The number of aromatic nitrogens is 2. The molecule has 0 bridgehead atoms. The van der Waals surface area contributed by atoms with E-state index in [1.807, 2.05) is 35.2 Å². The molecule has 1 fully saturated rings. The Kier molecular flexibility index (Phi) is 4.90. The van der Waals surface area contributed by atoms with Crippen molar-refractivity contribution in [1.29, 1.82) is 0 Å². The summed E-state index contributed by atoms with van der Waals surface area (Å²) in [6.07, 6.45) is 3.49. The molecule has 1 aliphatic heterocycles. The molecule has 5 nitrogen and oxygen atoms in total. The number of carbonyl (C=O) groups excluding carboxylic acids is 1. The monoisotopic (exact) mass is 313 g/mol. The third-order valence-corrected chi connectivity index (χ3v) is 4.51. The van der Waals surface area contributed by atoms with E-state index < -0.39 is 0 Å². The Bertz CT molecular complexity index is 600. The minimum absolute atomic E-state index is 0.187. The summed E-state index contributed by atoms with van der Waals surface area (Å²) in [5.41, 5.74) is 0. The molecular formula is C16H17N4OS. The maximum atomic E-state index is 12.3. The summed E-state index contributed by atoms with van der Waals surface area (Å²) in [4.78, 5) is 25.9. The maximum absolute atomic E-state index is 12.3. The first kappa shape index (κ1) is 14.8. The summed E-state index contributed by atoms with van der Waals surface area (Å²) in [5.74, 6) is 1.40. The molecule has 1 aromatic carbocycles. The Morgan fingerprint density at radius 1 is 1.14 bits per heavy atom. The van der Waals surface area contributed by atoms with Gasteiger partial charge in [-0.2, -0.15) is 0 Å². The molecule has 22 heavy (non-hydrogen) atoms. The van der Waals surface area contributed by atoms with Crippen molar-refractivity contribution in [2.24, 2.45) is 0 Å². The van der Waals surface area contributed by atoms with Gasteiger partial charge < -0.3 is 9.80 Å². The highest BCUT2D eigenvalue weighted by Crippen LogP contribution is 2.18. The van der Waals surface area contributed by atoms with Crippen LogP contribution in [0, 0.1) is 6.07 Å². The predicted octanol–water partition coefficient (Wildman–Crippen LogP) is 1.72. The molecule has 0 spiro atoms. The molecule has 1 aliphatic rings. The van der Waals surface area contributed by atoms with E-state index in [1.165, 1.54) is 0 Å². The number of carbonyl (C=O) groups is 1. The molecule has 113 valence electrons. The molecule has 1 aromatic heterocycles. The first-order valence-corrected chi connectivity index (χ1v) is 8.20. The van der Waals surface area contributed by atoms with E-state index in [1.54, 1.807) is 24.2 Å². The molecule has 2 heterocycles. The van der Waals surface area contributed by atoms with Gasteiger partial charge in [-0.3, -0.25) is 4.79 Å². The first-order valence-electron chi connectivity index (χ1n) is 7.21. The molecule has 0 aliphatic carbocycles. The van der Waals surface area contributed by atoms with E-state index >= 15 is 0 Å². The van der Waals surface area contributed by atoms with Crippen LogP contribution in [0.3, 0.4) is 0 Å². The van der Waals surface area contributed by atoms with Crippen molar-refractivity contribution in [2.75, 3.05) is 36.8 Å². The van der Waals surface area contributed by atoms with Gasteiger partial charge in [0.1, 0.15) is 0 Å². The van der Waals surface area contributed by atoms with Crippen LogP contribution in [0.4, 0.5) is 5.95 Å². The molecule has 0 atom stereocenters. The fourth-order valence-corrected chi connectivity index (χ4v) is 3.12. The van der Waals surface area contributed by atoms with Gasteiger partial charge in [-0.25, -0.2) is 9.97 Å². The van der Waals surface area contributed by atoms with Gasteiger partial charge in [0.2, 0.25) is 11.9 Å². The fraction of sp³-hybridized carbons (Fsp3) is 0.312. The van der Waals surface area contributed by atoms with E-state index in [0.717, 1.165) is 37.0 Å². The minimum atomic E-state index is 0.187. The van der Waals surface area contributed by atoms with Crippen LogP contribution in [-0.2, 0) is 4.79 Å². The molecule has 0 saturated carbocycles. The number of piperazine rings is 1. The Morgan fingerprint density at radius 3 is 2.50 bits per heavy atom. The summed E-state index contributed by atoms with van der Waals surface area (Å²) in [6, 6.07) is 12.5. The molecule has 0 unspecified atom stereocenters. The smallest absolute Gasteiger partial charge is 0.233 e. The number of benzene rings is 1. The van der Waals surface area contributed by atoms with Gasteiger partial charge >= 0.3 is 0 Å². The van der Waals surface area contributed by atoms with Crippen molar-refractivity contribution in [3.8, 4) is 0 Å². The highest BCUT2D eigenvalue weighted by atomic mass is 32.2. The first-order chi connectivity index (χ1) is 10.8. The second-order valence-electron chi connectivity index (χ2n) is 4.94. The number of nitrogens with zero attached hydrogens (tertiary/aromatic N) is 4. The predicted molar refractivity (Wildman–Crippen MR) is 86.8 cm³/mol.